The molecule has 2 rings (SSSR count). The van der Waals surface area contributed by atoms with Crippen LogP contribution in [-0.4, -0.2) is 5.16 Å². The molecule has 0 atom stereocenters. The lowest BCUT2D eigenvalue weighted by atomic mass is 10.0. The van der Waals surface area contributed by atoms with Crippen LogP contribution in [0.15, 0.2) is 28.9 Å². The molecular weight excluding hydrogens is 212 g/mol. The third kappa shape index (κ3) is 2.94. The second-order valence-corrected chi connectivity index (χ2v) is 4.45. The van der Waals surface area contributed by atoms with E-state index >= 15 is 0 Å². The van der Waals surface area contributed by atoms with Crippen LogP contribution in [-0.2, 0) is 13.1 Å². The van der Waals surface area contributed by atoms with Gasteiger partial charge in [0.2, 0.25) is 0 Å². The standard InChI is InChI=1S/C14H18N2O/c1-10-6-12(3)13(7-11(10)2)8-15-9-14-4-5-16-17-14/h4-7,15H,8-9H2,1-3H3. The fourth-order valence-electron chi connectivity index (χ4n) is 1.86. The van der Waals surface area contributed by atoms with Gasteiger partial charge in [-0.3, -0.25) is 0 Å². The van der Waals surface area contributed by atoms with E-state index in [-0.39, 0.29) is 0 Å². The van der Waals surface area contributed by atoms with Crippen LogP contribution in [0.1, 0.15) is 28.0 Å². The van der Waals surface area contributed by atoms with E-state index < -0.39 is 0 Å². The van der Waals surface area contributed by atoms with E-state index in [1.165, 1.54) is 22.3 Å². The Morgan fingerprint density at radius 2 is 1.82 bits per heavy atom. The second kappa shape index (κ2) is 5.15. The van der Waals surface area contributed by atoms with E-state index in [1.54, 1.807) is 6.20 Å². The van der Waals surface area contributed by atoms with Crippen molar-refractivity contribution >= 4 is 0 Å². The summed E-state index contributed by atoms with van der Waals surface area (Å²) >= 11 is 0. The zero-order valence-electron chi connectivity index (χ0n) is 10.6. The first kappa shape index (κ1) is 11.9. The lowest BCUT2D eigenvalue weighted by molar-refractivity contribution is 0.372. The minimum Gasteiger partial charge on any atom is -0.360 e. The monoisotopic (exact) mass is 230 g/mol. The molecule has 90 valence electrons. The van der Waals surface area contributed by atoms with Crippen LogP contribution >= 0.6 is 0 Å². The van der Waals surface area contributed by atoms with Gasteiger partial charge >= 0.3 is 0 Å². The molecule has 3 nitrogen and oxygen atoms in total. The summed E-state index contributed by atoms with van der Waals surface area (Å²) in [6, 6.07) is 6.36. The van der Waals surface area contributed by atoms with Gasteiger partial charge in [-0.1, -0.05) is 17.3 Å². The number of nitrogens with zero attached hydrogens (tertiary/aromatic N) is 1. The smallest absolute Gasteiger partial charge is 0.150 e. The molecule has 0 aliphatic rings. The van der Waals surface area contributed by atoms with E-state index in [1.807, 2.05) is 6.07 Å². The molecule has 0 saturated carbocycles. The topological polar surface area (TPSA) is 38.1 Å². The van der Waals surface area contributed by atoms with Gasteiger partial charge in [-0.05, 0) is 43.0 Å². The highest BCUT2D eigenvalue weighted by Gasteiger charge is 2.02. The maximum Gasteiger partial charge on any atom is 0.150 e. The molecule has 2 aromatic rings. The molecule has 1 heterocycles. The van der Waals surface area contributed by atoms with E-state index in [0.29, 0.717) is 6.54 Å². The fourth-order valence-corrected chi connectivity index (χ4v) is 1.86. The number of hydrogen-bond acceptors (Lipinski definition) is 3. The number of hydrogen-bond donors (Lipinski definition) is 1. The van der Waals surface area contributed by atoms with Crippen molar-refractivity contribution in [3.05, 3.63) is 52.4 Å². The molecular formula is C14H18N2O. The Kier molecular flexibility index (Phi) is 3.59. The van der Waals surface area contributed by atoms with Crippen molar-refractivity contribution < 1.29 is 4.52 Å². The van der Waals surface area contributed by atoms with Crippen molar-refractivity contribution in [3.63, 3.8) is 0 Å². The molecule has 3 heteroatoms. The third-order valence-electron chi connectivity index (χ3n) is 3.06. The summed E-state index contributed by atoms with van der Waals surface area (Å²) in [5, 5.41) is 7.03. The Balaban J connectivity index is 1.97. The highest BCUT2D eigenvalue weighted by Crippen LogP contribution is 2.15. The summed E-state index contributed by atoms with van der Waals surface area (Å²) in [5.74, 6) is 0.867. The SMILES string of the molecule is Cc1cc(C)c(CNCc2ccno2)cc1C. The first-order chi connectivity index (χ1) is 8.16. The predicted molar refractivity (Wildman–Crippen MR) is 67.7 cm³/mol. The molecule has 0 unspecified atom stereocenters. The molecule has 1 aromatic carbocycles. The molecule has 1 aromatic heterocycles. The molecule has 0 amide bonds. The van der Waals surface area contributed by atoms with Gasteiger partial charge in [-0.2, -0.15) is 0 Å². The molecule has 0 aliphatic heterocycles. The highest BCUT2D eigenvalue weighted by molar-refractivity contribution is 5.36. The van der Waals surface area contributed by atoms with Gasteiger partial charge in [-0.25, -0.2) is 0 Å². The van der Waals surface area contributed by atoms with Gasteiger partial charge < -0.3 is 9.84 Å². The Hall–Kier alpha value is -1.61. The molecule has 1 N–H and O–H groups in total. The van der Waals surface area contributed by atoms with Crippen LogP contribution in [0.25, 0.3) is 0 Å². The minimum atomic E-state index is 0.715. The van der Waals surface area contributed by atoms with E-state index in [2.05, 4.69) is 43.4 Å². The molecule has 0 aliphatic carbocycles. The van der Waals surface area contributed by atoms with Gasteiger partial charge in [0, 0.05) is 12.6 Å². The first-order valence-electron chi connectivity index (χ1n) is 5.84. The molecule has 0 radical (unpaired) electrons. The van der Waals surface area contributed by atoms with Crippen molar-refractivity contribution in [1.29, 1.82) is 0 Å². The molecule has 0 spiro atoms. The molecule has 0 bridgehead atoms. The Bertz CT molecular complexity index is 489. The van der Waals surface area contributed by atoms with Crippen molar-refractivity contribution in [2.75, 3.05) is 0 Å². The lowest BCUT2D eigenvalue weighted by Gasteiger charge is -2.10. The van der Waals surface area contributed by atoms with Crippen molar-refractivity contribution in [3.8, 4) is 0 Å². The minimum absolute atomic E-state index is 0.715. The summed E-state index contributed by atoms with van der Waals surface area (Å²) in [5.41, 5.74) is 5.36. The summed E-state index contributed by atoms with van der Waals surface area (Å²) in [6.07, 6.45) is 1.66. The lowest BCUT2D eigenvalue weighted by Crippen LogP contribution is -2.13. The van der Waals surface area contributed by atoms with Crippen molar-refractivity contribution in [2.45, 2.75) is 33.9 Å². The number of aryl methyl sites for hydroxylation is 3. The largest absolute Gasteiger partial charge is 0.360 e. The van der Waals surface area contributed by atoms with E-state index in [9.17, 15) is 0 Å². The van der Waals surface area contributed by atoms with Gasteiger partial charge in [-0.15, -0.1) is 0 Å². The maximum absolute atomic E-state index is 5.03. The van der Waals surface area contributed by atoms with Gasteiger partial charge in [0.05, 0.1) is 12.7 Å². The summed E-state index contributed by atoms with van der Waals surface area (Å²) in [7, 11) is 0. The van der Waals surface area contributed by atoms with Gasteiger partial charge in [0.1, 0.15) is 5.76 Å². The van der Waals surface area contributed by atoms with Crippen LogP contribution in [0.4, 0.5) is 0 Å². The summed E-state index contributed by atoms with van der Waals surface area (Å²) < 4.78 is 5.03. The summed E-state index contributed by atoms with van der Waals surface area (Å²) in [6.45, 7) is 8.01. The Labute approximate surface area is 102 Å². The molecule has 0 saturated heterocycles. The van der Waals surface area contributed by atoms with E-state index in [4.69, 9.17) is 4.52 Å². The Morgan fingerprint density at radius 3 is 2.53 bits per heavy atom. The van der Waals surface area contributed by atoms with Crippen LogP contribution in [0.3, 0.4) is 0 Å². The average molecular weight is 230 g/mol. The predicted octanol–water partition coefficient (Wildman–Crippen LogP) is 2.89. The molecule has 17 heavy (non-hydrogen) atoms. The molecule has 0 fully saturated rings. The first-order valence-corrected chi connectivity index (χ1v) is 5.84. The Morgan fingerprint density at radius 1 is 1.06 bits per heavy atom. The highest BCUT2D eigenvalue weighted by atomic mass is 16.5. The van der Waals surface area contributed by atoms with Crippen LogP contribution < -0.4 is 5.32 Å². The maximum atomic E-state index is 5.03. The average Bonchev–Trinajstić information content (AvgIpc) is 2.78. The van der Waals surface area contributed by atoms with Gasteiger partial charge in [0.15, 0.2) is 0 Å². The zero-order chi connectivity index (χ0) is 12.3. The second-order valence-electron chi connectivity index (χ2n) is 4.45. The fraction of sp³-hybridized carbons (Fsp3) is 0.357. The van der Waals surface area contributed by atoms with Gasteiger partial charge in [0.25, 0.3) is 0 Å². The number of rotatable bonds is 4. The quantitative estimate of drug-likeness (QED) is 0.877. The van der Waals surface area contributed by atoms with E-state index in [0.717, 1.165) is 12.3 Å². The summed E-state index contributed by atoms with van der Waals surface area (Å²) in [4.78, 5) is 0. The van der Waals surface area contributed by atoms with Crippen molar-refractivity contribution in [2.24, 2.45) is 0 Å². The third-order valence-corrected chi connectivity index (χ3v) is 3.06. The normalized spacial score (nSPS) is 10.8. The number of benzene rings is 1. The van der Waals surface area contributed by atoms with Crippen LogP contribution in [0, 0.1) is 20.8 Å². The number of aromatic nitrogens is 1. The zero-order valence-corrected chi connectivity index (χ0v) is 10.6. The van der Waals surface area contributed by atoms with Crippen LogP contribution in [0.2, 0.25) is 0 Å². The van der Waals surface area contributed by atoms with Crippen molar-refractivity contribution in [1.82, 2.24) is 10.5 Å². The van der Waals surface area contributed by atoms with Crippen LogP contribution in [0.5, 0.6) is 0 Å². The number of nitrogens with one attached hydrogen (secondary N) is 1.